The predicted octanol–water partition coefficient (Wildman–Crippen LogP) is 0.885. The molecule has 0 aromatic rings. The maximum absolute atomic E-state index is 10.1. The molecule has 0 saturated carbocycles. The van der Waals surface area contributed by atoms with E-state index in [1.165, 1.54) is 0 Å². The second-order valence-electron chi connectivity index (χ2n) is 0.957. The topological polar surface area (TPSA) is 29.1 Å². The van der Waals surface area contributed by atoms with Crippen LogP contribution in [0.2, 0.25) is 0 Å². The number of amides is 1. The molecule has 0 radical (unpaired) electrons. The summed E-state index contributed by atoms with van der Waals surface area (Å²) < 4.78 is 0. The van der Waals surface area contributed by atoms with E-state index < -0.39 is 0 Å². The molecule has 42 valence electrons. The highest BCUT2D eigenvalue weighted by molar-refractivity contribution is 6.23. The average molecular weight is 142 g/mol. The molecule has 4 heteroatoms. The third-order valence-corrected chi connectivity index (χ3v) is 0.827. The van der Waals surface area contributed by atoms with Gasteiger partial charge < -0.3 is 0 Å². The molecular weight excluding hydrogens is 137 g/mol. The Kier molecular flexibility index (Phi) is 4.25. The first kappa shape index (κ1) is 7.05. The smallest absolute Gasteiger partial charge is 0.235 e. The van der Waals surface area contributed by atoms with Crippen LogP contribution in [0.15, 0.2) is 0 Å². The van der Waals surface area contributed by atoms with Gasteiger partial charge in [-0.2, -0.15) is 0 Å². The molecule has 0 heterocycles. The highest BCUT2D eigenvalue weighted by Crippen LogP contribution is 1.83. The van der Waals surface area contributed by atoms with Crippen molar-refractivity contribution in [2.45, 2.75) is 6.42 Å². The van der Waals surface area contributed by atoms with E-state index in [4.69, 9.17) is 23.4 Å². The summed E-state index contributed by atoms with van der Waals surface area (Å²) in [6.07, 6.45) is 0.283. The van der Waals surface area contributed by atoms with E-state index in [1.54, 1.807) is 0 Å². The third kappa shape index (κ3) is 3.89. The first-order valence-electron chi connectivity index (χ1n) is 1.76. The Labute approximate surface area is 51.9 Å². The van der Waals surface area contributed by atoms with Gasteiger partial charge in [-0.25, -0.2) is 0 Å². The van der Waals surface area contributed by atoms with Crippen molar-refractivity contribution in [1.82, 2.24) is 4.84 Å². The van der Waals surface area contributed by atoms with Crippen LogP contribution in [0.3, 0.4) is 0 Å². The second-order valence-corrected chi connectivity index (χ2v) is 1.52. The van der Waals surface area contributed by atoms with E-state index in [0.29, 0.717) is 5.88 Å². The van der Waals surface area contributed by atoms with Crippen molar-refractivity contribution in [2.24, 2.45) is 0 Å². The molecule has 0 aliphatic carbocycles. The Balaban J connectivity index is 3.00. The fourth-order valence-electron chi connectivity index (χ4n) is 0.133. The zero-order valence-electron chi connectivity index (χ0n) is 3.58. The Bertz CT molecular complexity index is 66.0. The van der Waals surface area contributed by atoms with Gasteiger partial charge in [0.2, 0.25) is 5.91 Å². The molecule has 0 saturated heterocycles. The lowest BCUT2D eigenvalue weighted by atomic mass is 10.5. The van der Waals surface area contributed by atoms with Crippen LogP contribution in [0, 0.1) is 0 Å². The number of halogens is 2. The van der Waals surface area contributed by atoms with Crippen LogP contribution in [0.4, 0.5) is 0 Å². The lowest BCUT2D eigenvalue weighted by molar-refractivity contribution is -0.118. The highest BCUT2D eigenvalue weighted by atomic mass is 35.5. The fourth-order valence-corrected chi connectivity index (χ4v) is 0.399. The maximum atomic E-state index is 10.1. The monoisotopic (exact) mass is 141 g/mol. The molecule has 0 rings (SSSR count). The van der Waals surface area contributed by atoms with E-state index in [1.807, 2.05) is 4.84 Å². The molecule has 1 N–H and O–H groups in total. The van der Waals surface area contributed by atoms with Gasteiger partial charge in [-0.1, -0.05) is 0 Å². The van der Waals surface area contributed by atoms with Gasteiger partial charge in [-0.15, -0.1) is 11.6 Å². The van der Waals surface area contributed by atoms with Crippen molar-refractivity contribution < 1.29 is 4.79 Å². The van der Waals surface area contributed by atoms with Crippen LogP contribution in [0.5, 0.6) is 0 Å². The number of nitrogens with one attached hydrogen (secondary N) is 1. The number of carbonyl (C=O) groups excluding carboxylic acids is 1. The number of carbonyl (C=O) groups is 1. The molecule has 0 aliphatic heterocycles. The summed E-state index contributed by atoms with van der Waals surface area (Å²) in [5, 5.41) is 0. The van der Waals surface area contributed by atoms with E-state index in [9.17, 15) is 4.79 Å². The van der Waals surface area contributed by atoms with Crippen LogP contribution in [0.1, 0.15) is 6.42 Å². The van der Waals surface area contributed by atoms with Gasteiger partial charge in [0, 0.05) is 24.1 Å². The zero-order chi connectivity index (χ0) is 5.70. The summed E-state index contributed by atoms with van der Waals surface area (Å²) in [6.45, 7) is 0. The molecule has 0 atom stereocenters. The molecule has 7 heavy (non-hydrogen) atoms. The SMILES string of the molecule is O=C(CCCl)NCl. The Morgan fingerprint density at radius 3 is 2.43 bits per heavy atom. The molecule has 0 fully saturated rings. The van der Waals surface area contributed by atoms with Crippen LogP contribution in [-0.2, 0) is 4.79 Å². The van der Waals surface area contributed by atoms with Gasteiger partial charge in [0.05, 0.1) is 0 Å². The molecule has 2 nitrogen and oxygen atoms in total. The van der Waals surface area contributed by atoms with Crippen molar-refractivity contribution in [3.05, 3.63) is 0 Å². The van der Waals surface area contributed by atoms with Crippen LogP contribution in [-0.4, -0.2) is 11.8 Å². The first-order chi connectivity index (χ1) is 3.31. The summed E-state index contributed by atoms with van der Waals surface area (Å²) in [4.78, 5) is 12.0. The molecule has 0 unspecified atom stereocenters. The molecular formula is C3H5Cl2NO. The molecule has 0 aromatic carbocycles. The largest absolute Gasteiger partial charge is 0.274 e. The summed E-state index contributed by atoms with van der Waals surface area (Å²) in [5.41, 5.74) is 0. The quantitative estimate of drug-likeness (QED) is 0.450. The maximum Gasteiger partial charge on any atom is 0.235 e. The third-order valence-electron chi connectivity index (χ3n) is 0.427. The van der Waals surface area contributed by atoms with Crippen molar-refractivity contribution >= 4 is 29.3 Å². The molecule has 0 spiro atoms. The van der Waals surface area contributed by atoms with Gasteiger partial charge in [-0.3, -0.25) is 9.63 Å². The van der Waals surface area contributed by atoms with Crippen molar-refractivity contribution in [1.29, 1.82) is 0 Å². The summed E-state index contributed by atoms with van der Waals surface area (Å²) in [5.74, 6) is 0.0788. The summed E-state index contributed by atoms with van der Waals surface area (Å²) in [6, 6.07) is 0. The summed E-state index contributed by atoms with van der Waals surface area (Å²) >= 11 is 10.0. The van der Waals surface area contributed by atoms with Gasteiger partial charge in [0.25, 0.3) is 0 Å². The van der Waals surface area contributed by atoms with Crippen LogP contribution >= 0.6 is 23.4 Å². The van der Waals surface area contributed by atoms with Crippen molar-refractivity contribution in [3.8, 4) is 0 Å². The Hall–Kier alpha value is 0.0500. The lowest BCUT2D eigenvalue weighted by Gasteiger charge is -1.87. The number of rotatable bonds is 2. The zero-order valence-corrected chi connectivity index (χ0v) is 5.09. The van der Waals surface area contributed by atoms with E-state index >= 15 is 0 Å². The van der Waals surface area contributed by atoms with E-state index in [2.05, 4.69) is 0 Å². The van der Waals surface area contributed by atoms with E-state index in [-0.39, 0.29) is 12.3 Å². The number of alkyl halides is 1. The minimum atomic E-state index is -0.239. The molecule has 0 aromatic heterocycles. The minimum absolute atomic E-state index is 0.239. The summed E-state index contributed by atoms with van der Waals surface area (Å²) in [7, 11) is 0. The number of hydrogen-bond donors (Lipinski definition) is 1. The normalized spacial score (nSPS) is 8.29. The first-order valence-corrected chi connectivity index (χ1v) is 2.68. The van der Waals surface area contributed by atoms with Crippen LogP contribution < -0.4 is 4.84 Å². The minimum Gasteiger partial charge on any atom is -0.274 e. The molecule has 0 aliphatic rings. The Morgan fingerprint density at radius 1 is 1.71 bits per heavy atom. The highest BCUT2D eigenvalue weighted by Gasteiger charge is 1.92. The average Bonchev–Trinajstić information content (AvgIpc) is 1.68. The standard InChI is InChI=1S/C3H5Cl2NO/c4-2-1-3(7)6-5/h1-2H2,(H,6,7). The van der Waals surface area contributed by atoms with Gasteiger partial charge in [0.15, 0.2) is 0 Å². The van der Waals surface area contributed by atoms with Crippen molar-refractivity contribution in [3.63, 3.8) is 0 Å². The van der Waals surface area contributed by atoms with E-state index in [0.717, 1.165) is 0 Å². The van der Waals surface area contributed by atoms with Gasteiger partial charge in [-0.05, 0) is 0 Å². The molecule has 0 bridgehead atoms. The predicted molar refractivity (Wildman–Crippen MR) is 29.3 cm³/mol. The Morgan fingerprint density at radius 2 is 2.29 bits per heavy atom. The van der Waals surface area contributed by atoms with Crippen molar-refractivity contribution in [2.75, 3.05) is 5.88 Å². The number of hydrogen-bond acceptors (Lipinski definition) is 1. The lowest BCUT2D eigenvalue weighted by Crippen LogP contribution is -2.11. The van der Waals surface area contributed by atoms with Gasteiger partial charge in [0.1, 0.15) is 0 Å². The van der Waals surface area contributed by atoms with Gasteiger partial charge >= 0.3 is 0 Å². The fraction of sp³-hybridized carbons (Fsp3) is 0.667. The van der Waals surface area contributed by atoms with Crippen LogP contribution in [0.25, 0.3) is 0 Å². The molecule has 1 amide bonds. The second kappa shape index (κ2) is 4.22.